The average Bonchev–Trinajstić information content (AvgIpc) is 3.34. The van der Waals surface area contributed by atoms with E-state index in [9.17, 15) is 14.7 Å². The summed E-state index contributed by atoms with van der Waals surface area (Å²) in [6, 6.07) is 4.85. The molecule has 0 spiro atoms. The Bertz CT molecular complexity index is 1280. The lowest BCUT2D eigenvalue weighted by atomic mass is 9.92. The number of carboxylic acid groups (broad SMARTS) is 1. The molecule has 3 N–H and O–H groups in total. The topological polar surface area (TPSA) is 178 Å². The van der Waals surface area contributed by atoms with Crippen molar-refractivity contribution in [2.24, 2.45) is 0 Å². The first-order valence-corrected chi connectivity index (χ1v) is 13.2. The highest BCUT2D eigenvalue weighted by Gasteiger charge is 2.30. The predicted molar refractivity (Wildman–Crippen MR) is 139 cm³/mol. The molecule has 0 saturated carbocycles. The number of methoxy groups -OCH3 is 2. The number of ketones is 1. The standard InChI is InChI=1S/C25H31NO8.H2O4S/c1-6-26(3)11-10-15-12-20-24(34-14-33-20)22(32-7-2)17(15)13-18(27)16-8-9-19(30-4)23(31-5)21(16)25(28)29;1-5(2,3)4/h8-9,12H,6-7,10-11,13-14H2,1-5H3,(H,28,29);(H2,1,2,3,4). The van der Waals surface area contributed by atoms with E-state index in [1.54, 1.807) is 0 Å². The van der Waals surface area contributed by atoms with Gasteiger partial charge >= 0.3 is 16.4 Å². The number of carboxylic acids is 1. The van der Waals surface area contributed by atoms with Crippen LogP contribution < -0.4 is 23.7 Å². The summed E-state index contributed by atoms with van der Waals surface area (Å²) >= 11 is 0. The van der Waals surface area contributed by atoms with Crippen LogP contribution in [0.25, 0.3) is 0 Å². The van der Waals surface area contributed by atoms with Gasteiger partial charge in [-0.3, -0.25) is 13.9 Å². The van der Waals surface area contributed by atoms with Crippen LogP contribution in [-0.4, -0.2) is 87.0 Å². The largest absolute Gasteiger partial charge is 0.493 e. The summed E-state index contributed by atoms with van der Waals surface area (Å²) in [6.07, 6.45) is 0.578. The summed E-state index contributed by atoms with van der Waals surface area (Å²) in [5.41, 5.74) is 1.34. The van der Waals surface area contributed by atoms with Crippen molar-refractivity contribution >= 4 is 22.2 Å². The number of fused-ring (bicyclic) bond motifs is 1. The molecule has 0 amide bonds. The van der Waals surface area contributed by atoms with Crippen LogP contribution in [0.2, 0.25) is 0 Å². The van der Waals surface area contributed by atoms with E-state index in [0.717, 1.165) is 18.7 Å². The van der Waals surface area contributed by atoms with Gasteiger partial charge in [-0.1, -0.05) is 6.92 Å². The van der Waals surface area contributed by atoms with Crippen LogP contribution >= 0.6 is 0 Å². The van der Waals surface area contributed by atoms with Gasteiger partial charge in [-0.15, -0.1) is 0 Å². The monoisotopic (exact) mass is 571 g/mol. The molecule has 0 radical (unpaired) electrons. The summed E-state index contributed by atoms with van der Waals surface area (Å²) in [5.74, 6) is 0.0635. The van der Waals surface area contributed by atoms with Crippen LogP contribution in [-0.2, 0) is 23.2 Å². The van der Waals surface area contributed by atoms with Gasteiger partial charge in [0.15, 0.2) is 28.8 Å². The van der Waals surface area contributed by atoms with Gasteiger partial charge in [0.1, 0.15) is 5.56 Å². The molecular formula is C25H33NO12S. The SMILES string of the molecule is CCOc1c(CC(=O)c2ccc(OC)c(OC)c2C(=O)O)c(CCN(C)CC)cc2c1OCO2.O=S(=O)(O)O. The molecule has 0 fully saturated rings. The first-order valence-electron chi connectivity index (χ1n) is 11.8. The Morgan fingerprint density at radius 3 is 2.28 bits per heavy atom. The minimum absolute atomic E-state index is 0.00126. The number of aromatic carboxylic acids is 1. The molecule has 2 aromatic rings. The van der Waals surface area contributed by atoms with E-state index in [4.69, 9.17) is 41.2 Å². The Hall–Kier alpha value is -3.59. The van der Waals surface area contributed by atoms with Crippen molar-refractivity contribution in [3.8, 4) is 28.7 Å². The number of carbonyl (C=O) groups is 2. The summed E-state index contributed by atoms with van der Waals surface area (Å²) in [6.45, 7) is 6.00. The van der Waals surface area contributed by atoms with Crippen LogP contribution in [0.5, 0.6) is 28.7 Å². The fourth-order valence-corrected chi connectivity index (χ4v) is 3.91. The minimum atomic E-state index is -4.67. The molecule has 1 aliphatic rings. The molecule has 0 aliphatic carbocycles. The van der Waals surface area contributed by atoms with Crippen molar-refractivity contribution in [1.29, 1.82) is 0 Å². The molecular weight excluding hydrogens is 538 g/mol. The zero-order valence-electron chi connectivity index (χ0n) is 22.3. The van der Waals surface area contributed by atoms with E-state index in [1.807, 2.05) is 20.0 Å². The van der Waals surface area contributed by atoms with Crippen LogP contribution in [0, 0.1) is 0 Å². The Balaban J connectivity index is 0.000000976. The average molecular weight is 572 g/mol. The first-order chi connectivity index (χ1) is 18.4. The van der Waals surface area contributed by atoms with Crippen molar-refractivity contribution in [2.45, 2.75) is 26.7 Å². The van der Waals surface area contributed by atoms with Gasteiger partial charge in [0, 0.05) is 24.1 Å². The lowest BCUT2D eigenvalue weighted by molar-refractivity contribution is 0.0687. The number of benzene rings is 2. The van der Waals surface area contributed by atoms with E-state index in [0.29, 0.717) is 35.8 Å². The van der Waals surface area contributed by atoms with Gasteiger partial charge in [-0.25, -0.2) is 4.79 Å². The molecule has 13 nitrogen and oxygen atoms in total. The molecule has 1 heterocycles. The molecule has 0 unspecified atom stereocenters. The second kappa shape index (κ2) is 14.0. The third kappa shape index (κ3) is 8.45. The number of ether oxygens (including phenoxy) is 5. The smallest absolute Gasteiger partial charge is 0.394 e. The van der Waals surface area contributed by atoms with Crippen molar-refractivity contribution in [2.75, 3.05) is 47.8 Å². The molecule has 2 aromatic carbocycles. The van der Waals surface area contributed by atoms with Gasteiger partial charge in [-0.05, 0) is 50.7 Å². The summed E-state index contributed by atoms with van der Waals surface area (Å²) in [4.78, 5) is 27.7. The van der Waals surface area contributed by atoms with E-state index >= 15 is 0 Å². The minimum Gasteiger partial charge on any atom is -0.493 e. The number of Topliss-reactive ketones (excluding diaryl/α,β-unsaturated/α-hetero) is 1. The first kappa shape index (κ1) is 31.6. The lowest BCUT2D eigenvalue weighted by Crippen LogP contribution is -2.21. The Labute approximate surface area is 226 Å². The highest BCUT2D eigenvalue weighted by molar-refractivity contribution is 7.79. The Morgan fingerprint density at radius 2 is 1.74 bits per heavy atom. The number of nitrogens with zero attached hydrogens (tertiary/aromatic N) is 1. The number of rotatable bonds is 12. The molecule has 0 saturated heterocycles. The van der Waals surface area contributed by atoms with Gasteiger partial charge in [-0.2, -0.15) is 8.42 Å². The van der Waals surface area contributed by atoms with Crippen LogP contribution in [0.15, 0.2) is 18.2 Å². The molecule has 0 aromatic heterocycles. The maximum absolute atomic E-state index is 13.5. The number of carbonyl (C=O) groups excluding carboxylic acids is 1. The fourth-order valence-electron chi connectivity index (χ4n) is 3.91. The van der Waals surface area contributed by atoms with E-state index < -0.39 is 16.4 Å². The molecule has 216 valence electrons. The maximum Gasteiger partial charge on any atom is 0.394 e. The third-order valence-corrected chi connectivity index (χ3v) is 5.80. The number of likely N-dealkylation sites (N-methyl/N-ethyl adjacent to an activating group) is 1. The van der Waals surface area contributed by atoms with Crippen molar-refractivity contribution in [1.82, 2.24) is 4.90 Å². The quantitative estimate of drug-likeness (QED) is 0.250. The maximum atomic E-state index is 13.5. The van der Waals surface area contributed by atoms with Crippen LogP contribution in [0.1, 0.15) is 45.7 Å². The number of hydrogen-bond donors (Lipinski definition) is 3. The van der Waals surface area contributed by atoms with E-state index in [-0.39, 0.29) is 41.6 Å². The van der Waals surface area contributed by atoms with Crippen molar-refractivity contribution in [3.05, 3.63) is 40.5 Å². The normalized spacial score (nSPS) is 12.0. The zero-order valence-corrected chi connectivity index (χ0v) is 23.2. The van der Waals surface area contributed by atoms with Crippen LogP contribution in [0.4, 0.5) is 0 Å². The van der Waals surface area contributed by atoms with Crippen LogP contribution in [0.3, 0.4) is 0 Å². The van der Waals surface area contributed by atoms with Crippen molar-refractivity contribution in [3.63, 3.8) is 0 Å². The molecule has 3 rings (SSSR count). The van der Waals surface area contributed by atoms with Gasteiger partial charge in [0.2, 0.25) is 12.5 Å². The summed E-state index contributed by atoms with van der Waals surface area (Å²) in [5, 5.41) is 9.85. The molecule has 1 aliphatic heterocycles. The van der Waals surface area contributed by atoms with Crippen molar-refractivity contribution < 1.29 is 55.9 Å². The van der Waals surface area contributed by atoms with Gasteiger partial charge in [0.25, 0.3) is 0 Å². The third-order valence-electron chi connectivity index (χ3n) is 5.80. The second-order valence-corrected chi connectivity index (χ2v) is 9.13. The second-order valence-electron chi connectivity index (χ2n) is 8.23. The molecule has 0 atom stereocenters. The summed E-state index contributed by atoms with van der Waals surface area (Å²) < 4.78 is 59.2. The predicted octanol–water partition coefficient (Wildman–Crippen LogP) is 2.80. The lowest BCUT2D eigenvalue weighted by Gasteiger charge is -2.20. The number of hydrogen-bond acceptors (Lipinski definition) is 10. The van der Waals surface area contributed by atoms with E-state index in [2.05, 4.69) is 11.8 Å². The zero-order chi connectivity index (χ0) is 29.3. The molecule has 39 heavy (non-hydrogen) atoms. The van der Waals surface area contributed by atoms with Gasteiger partial charge < -0.3 is 33.7 Å². The Morgan fingerprint density at radius 1 is 1.08 bits per heavy atom. The molecule has 0 bridgehead atoms. The van der Waals surface area contributed by atoms with E-state index in [1.165, 1.54) is 26.4 Å². The summed E-state index contributed by atoms with van der Waals surface area (Å²) in [7, 11) is 0.0987. The van der Waals surface area contributed by atoms with Gasteiger partial charge in [0.05, 0.1) is 20.8 Å². The molecule has 14 heteroatoms. The highest BCUT2D eigenvalue weighted by Crippen LogP contribution is 2.46. The highest BCUT2D eigenvalue weighted by atomic mass is 32.3. The fraction of sp³-hybridized carbons (Fsp3) is 0.440. The Kier molecular flexibility index (Phi) is 11.3.